The third kappa shape index (κ3) is 4.57. The van der Waals surface area contributed by atoms with Gasteiger partial charge in [0.05, 0.1) is 12.2 Å². The SMILES string of the molecule is CCOP(=O)(/C=C/c1ccc(C(F)(F)F)cc1)c1ccccc1. The van der Waals surface area contributed by atoms with E-state index in [1.807, 2.05) is 0 Å². The van der Waals surface area contributed by atoms with Gasteiger partial charge in [0.1, 0.15) is 0 Å². The monoisotopic (exact) mass is 340 g/mol. The predicted molar refractivity (Wildman–Crippen MR) is 85.8 cm³/mol. The molecule has 0 N–H and O–H groups in total. The molecule has 0 amide bonds. The lowest BCUT2D eigenvalue weighted by molar-refractivity contribution is -0.137. The molecule has 2 aromatic carbocycles. The van der Waals surface area contributed by atoms with Crippen LogP contribution in [0.2, 0.25) is 0 Å². The van der Waals surface area contributed by atoms with Crippen LogP contribution in [0.5, 0.6) is 0 Å². The van der Waals surface area contributed by atoms with Gasteiger partial charge in [0.25, 0.3) is 7.37 Å². The summed E-state index contributed by atoms with van der Waals surface area (Å²) in [5, 5.41) is 0.546. The minimum absolute atomic E-state index is 0.267. The predicted octanol–water partition coefficient (Wildman–Crippen LogP) is 5.32. The minimum Gasteiger partial charge on any atom is -0.323 e. The van der Waals surface area contributed by atoms with E-state index < -0.39 is 19.1 Å². The highest BCUT2D eigenvalue weighted by atomic mass is 31.2. The van der Waals surface area contributed by atoms with Crippen molar-refractivity contribution in [1.29, 1.82) is 0 Å². The highest BCUT2D eigenvalue weighted by Gasteiger charge is 2.29. The Morgan fingerprint density at radius 1 is 1.04 bits per heavy atom. The van der Waals surface area contributed by atoms with Gasteiger partial charge < -0.3 is 4.52 Å². The number of hydrogen-bond acceptors (Lipinski definition) is 2. The molecular weight excluding hydrogens is 324 g/mol. The zero-order chi connectivity index (χ0) is 16.9. The van der Waals surface area contributed by atoms with Gasteiger partial charge in [-0.25, -0.2) is 0 Å². The Morgan fingerprint density at radius 3 is 2.17 bits per heavy atom. The van der Waals surface area contributed by atoms with Crippen molar-refractivity contribution in [1.82, 2.24) is 0 Å². The minimum atomic E-state index is -4.37. The van der Waals surface area contributed by atoms with Crippen LogP contribution in [0.1, 0.15) is 18.1 Å². The first-order valence-corrected chi connectivity index (χ1v) is 8.71. The molecule has 0 bridgehead atoms. The fourth-order valence-corrected chi connectivity index (χ4v) is 3.75. The Hall–Kier alpha value is -1.84. The van der Waals surface area contributed by atoms with Gasteiger partial charge in [-0.2, -0.15) is 13.2 Å². The molecular formula is C17H16F3O2P. The van der Waals surface area contributed by atoms with Crippen molar-refractivity contribution in [3.8, 4) is 0 Å². The van der Waals surface area contributed by atoms with Gasteiger partial charge in [0.2, 0.25) is 0 Å². The largest absolute Gasteiger partial charge is 0.416 e. The standard InChI is InChI=1S/C17H16F3O2P/c1-2-22-23(21,16-6-4-3-5-7-16)13-12-14-8-10-15(11-9-14)17(18,19)20/h3-13H,2H2,1H3/b13-12+. The molecule has 0 aliphatic rings. The van der Waals surface area contributed by atoms with E-state index >= 15 is 0 Å². The highest BCUT2D eigenvalue weighted by Crippen LogP contribution is 2.47. The maximum Gasteiger partial charge on any atom is 0.416 e. The van der Waals surface area contributed by atoms with Gasteiger partial charge in [0, 0.05) is 11.1 Å². The quantitative estimate of drug-likeness (QED) is 0.689. The molecule has 0 radical (unpaired) electrons. The Kier molecular flexibility index (Phi) is 5.45. The van der Waals surface area contributed by atoms with Crippen molar-refractivity contribution < 1.29 is 22.3 Å². The third-order valence-electron chi connectivity index (χ3n) is 3.14. The Bertz CT molecular complexity index is 707. The number of alkyl halides is 3. The van der Waals surface area contributed by atoms with Crippen molar-refractivity contribution in [2.24, 2.45) is 0 Å². The summed E-state index contributed by atoms with van der Waals surface area (Å²) in [6, 6.07) is 13.4. The molecule has 0 fully saturated rings. The van der Waals surface area contributed by atoms with Crippen molar-refractivity contribution in [3.63, 3.8) is 0 Å². The van der Waals surface area contributed by atoms with Crippen LogP contribution in [0.15, 0.2) is 60.4 Å². The number of hydrogen-bond donors (Lipinski definition) is 0. The first-order valence-electron chi connectivity index (χ1n) is 7.01. The molecule has 0 aromatic heterocycles. The summed E-state index contributed by atoms with van der Waals surface area (Å²) in [5.41, 5.74) is -0.195. The summed E-state index contributed by atoms with van der Waals surface area (Å²) in [5.74, 6) is 1.43. The fraction of sp³-hybridized carbons (Fsp3) is 0.176. The van der Waals surface area contributed by atoms with Crippen molar-refractivity contribution >= 4 is 18.7 Å². The second kappa shape index (κ2) is 7.16. The van der Waals surface area contributed by atoms with E-state index in [9.17, 15) is 17.7 Å². The number of rotatable bonds is 5. The molecule has 1 unspecified atom stereocenters. The van der Waals surface area contributed by atoms with Gasteiger partial charge in [-0.05, 0) is 42.8 Å². The van der Waals surface area contributed by atoms with E-state index in [1.54, 1.807) is 37.3 Å². The molecule has 23 heavy (non-hydrogen) atoms. The van der Waals surface area contributed by atoms with Crippen LogP contribution >= 0.6 is 7.37 Å². The molecule has 0 saturated carbocycles. The zero-order valence-corrected chi connectivity index (χ0v) is 13.3. The van der Waals surface area contributed by atoms with Crippen LogP contribution in [0.4, 0.5) is 13.2 Å². The van der Waals surface area contributed by atoms with E-state index in [4.69, 9.17) is 4.52 Å². The van der Waals surface area contributed by atoms with E-state index in [0.29, 0.717) is 10.9 Å². The average molecular weight is 340 g/mol. The van der Waals surface area contributed by atoms with Crippen LogP contribution in [0.3, 0.4) is 0 Å². The fourth-order valence-electron chi connectivity index (χ4n) is 2.00. The van der Waals surface area contributed by atoms with Gasteiger partial charge in [-0.1, -0.05) is 30.3 Å². The summed E-state index contributed by atoms with van der Waals surface area (Å²) in [6.07, 6.45) is -2.85. The molecule has 0 aliphatic carbocycles. The Balaban J connectivity index is 2.27. The lowest BCUT2D eigenvalue weighted by atomic mass is 10.1. The van der Waals surface area contributed by atoms with Crippen molar-refractivity contribution in [3.05, 3.63) is 71.5 Å². The van der Waals surface area contributed by atoms with E-state index in [-0.39, 0.29) is 6.61 Å². The first kappa shape index (κ1) is 17.5. The lowest BCUT2D eigenvalue weighted by Crippen LogP contribution is -2.05. The highest BCUT2D eigenvalue weighted by molar-refractivity contribution is 7.70. The van der Waals surface area contributed by atoms with Crippen molar-refractivity contribution in [2.45, 2.75) is 13.1 Å². The maximum absolute atomic E-state index is 12.9. The van der Waals surface area contributed by atoms with Gasteiger partial charge in [0.15, 0.2) is 0 Å². The van der Waals surface area contributed by atoms with Crippen LogP contribution in [-0.2, 0) is 15.3 Å². The number of halogens is 3. The van der Waals surface area contributed by atoms with E-state index in [0.717, 1.165) is 12.1 Å². The number of benzene rings is 2. The lowest BCUT2D eigenvalue weighted by Gasteiger charge is -2.14. The molecule has 0 spiro atoms. The topological polar surface area (TPSA) is 26.3 Å². The summed E-state index contributed by atoms with van der Waals surface area (Å²) < 4.78 is 55.9. The second-order valence-electron chi connectivity index (χ2n) is 4.79. The van der Waals surface area contributed by atoms with E-state index in [2.05, 4.69) is 0 Å². The Labute approximate surface area is 133 Å². The molecule has 0 heterocycles. The second-order valence-corrected chi connectivity index (χ2v) is 7.05. The molecule has 2 rings (SSSR count). The van der Waals surface area contributed by atoms with Gasteiger partial charge in [-0.15, -0.1) is 0 Å². The molecule has 0 saturated heterocycles. The van der Waals surface area contributed by atoms with Crippen LogP contribution in [0.25, 0.3) is 6.08 Å². The average Bonchev–Trinajstić information content (AvgIpc) is 2.54. The molecule has 6 heteroatoms. The van der Waals surface area contributed by atoms with Gasteiger partial charge >= 0.3 is 6.18 Å². The first-order chi connectivity index (χ1) is 10.8. The van der Waals surface area contributed by atoms with Crippen LogP contribution in [-0.4, -0.2) is 6.61 Å². The molecule has 2 aromatic rings. The summed E-state index contributed by atoms with van der Waals surface area (Å²) in [7, 11) is -3.18. The normalized spacial score (nSPS) is 14.8. The Morgan fingerprint density at radius 2 is 1.65 bits per heavy atom. The van der Waals surface area contributed by atoms with Crippen molar-refractivity contribution in [2.75, 3.05) is 6.61 Å². The molecule has 122 valence electrons. The van der Waals surface area contributed by atoms with E-state index in [1.165, 1.54) is 24.0 Å². The summed E-state index contributed by atoms with van der Waals surface area (Å²) in [4.78, 5) is 0. The maximum atomic E-state index is 12.9. The molecule has 0 aliphatic heterocycles. The molecule has 2 nitrogen and oxygen atoms in total. The van der Waals surface area contributed by atoms with Crippen LogP contribution < -0.4 is 5.30 Å². The third-order valence-corrected chi connectivity index (χ3v) is 5.34. The smallest absolute Gasteiger partial charge is 0.323 e. The van der Waals surface area contributed by atoms with Gasteiger partial charge in [-0.3, -0.25) is 4.57 Å². The molecule has 1 atom stereocenters. The summed E-state index contributed by atoms with van der Waals surface area (Å²) in [6.45, 7) is 2.01. The zero-order valence-electron chi connectivity index (χ0n) is 12.5. The van der Waals surface area contributed by atoms with Crippen LogP contribution in [0, 0.1) is 0 Å². The summed E-state index contributed by atoms with van der Waals surface area (Å²) >= 11 is 0.